The zero-order chi connectivity index (χ0) is 11.0. The van der Waals surface area contributed by atoms with Gasteiger partial charge in [0.05, 0.1) is 6.54 Å². The number of nitrogens with zero attached hydrogens (tertiary/aromatic N) is 2. The van der Waals surface area contributed by atoms with E-state index in [1.165, 1.54) is 0 Å². The average molecular weight is 241 g/mol. The minimum atomic E-state index is -3.93. The van der Waals surface area contributed by atoms with Gasteiger partial charge < -0.3 is 16.8 Å². The monoisotopic (exact) mass is 241 g/mol. The average Bonchev–Trinajstić information content (AvgIpc) is 2.30. The molecule has 2 N–H and O–H groups in total. The van der Waals surface area contributed by atoms with Crippen LogP contribution in [0.25, 0.3) is 0 Å². The smallest absolute Gasteiger partial charge is 0.270 e. The third-order valence-electron chi connectivity index (χ3n) is 2.47. The molecule has 1 fully saturated rings. The molecule has 0 aromatic heterocycles. The van der Waals surface area contributed by atoms with Gasteiger partial charge in [0.25, 0.3) is 10.1 Å². The van der Waals surface area contributed by atoms with Crippen molar-refractivity contribution in [2.45, 2.75) is 13.1 Å². The summed E-state index contributed by atoms with van der Waals surface area (Å²) >= 11 is 5.26. The van der Waals surface area contributed by atoms with E-state index in [1.54, 1.807) is 0 Å². The zero-order valence-corrected chi connectivity index (χ0v) is 9.81. The van der Waals surface area contributed by atoms with Crippen molar-refractivity contribution in [1.82, 2.24) is 10.3 Å². The van der Waals surface area contributed by atoms with E-state index in [-0.39, 0.29) is 22.5 Å². The summed E-state index contributed by atoms with van der Waals surface area (Å²) in [6, 6.07) is 0. The highest BCUT2D eigenvalue weighted by Crippen LogP contribution is 2.16. The first kappa shape index (κ1) is 12.2. The summed E-state index contributed by atoms with van der Waals surface area (Å²) in [5.74, 6) is -0.310. The van der Waals surface area contributed by atoms with E-state index in [9.17, 15) is 8.42 Å². The van der Waals surface area contributed by atoms with Crippen LogP contribution in [-0.2, 0) is 22.9 Å². The van der Waals surface area contributed by atoms with Gasteiger partial charge >= 0.3 is 0 Å². The van der Waals surface area contributed by atoms with Gasteiger partial charge in [-0.15, -0.1) is 0 Å². The summed E-state index contributed by atoms with van der Waals surface area (Å²) < 4.78 is 29.8. The van der Waals surface area contributed by atoms with Crippen LogP contribution in [0.3, 0.4) is 0 Å². The fourth-order valence-electron chi connectivity index (χ4n) is 1.33. The molecule has 6 nitrogen and oxygen atoms in total. The molecule has 0 aliphatic carbocycles. The Morgan fingerprint density at radius 1 is 1.71 bits per heavy atom. The van der Waals surface area contributed by atoms with Crippen LogP contribution in [0.5, 0.6) is 0 Å². The molecule has 0 bridgehead atoms. The maximum atomic E-state index is 10.6. The predicted molar refractivity (Wildman–Crippen MR) is 54.1 cm³/mol. The quantitative estimate of drug-likeness (QED) is 0.372. The molecule has 1 heterocycles. The summed E-state index contributed by atoms with van der Waals surface area (Å²) in [6.45, 7) is 2.64. The Labute approximate surface area is 89.7 Å². The van der Waals surface area contributed by atoms with Crippen molar-refractivity contribution in [2.75, 3.05) is 26.0 Å². The molecule has 0 aromatic carbocycles. The third kappa shape index (κ3) is 2.81. The second kappa shape index (κ2) is 3.95. The SMILES string of the molecule is CC1NC[N+]([S-])(CCS(=O)(=O)O)N1C. The lowest BCUT2D eigenvalue weighted by Crippen LogP contribution is -2.53. The Hall–Kier alpha value is 0.140. The van der Waals surface area contributed by atoms with Crippen LogP contribution in [0, 0.1) is 0 Å². The second-order valence-electron chi connectivity index (χ2n) is 3.47. The molecule has 14 heavy (non-hydrogen) atoms. The highest BCUT2D eigenvalue weighted by molar-refractivity contribution is 7.85. The van der Waals surface area contributed by atoms with Gasteiger partial charge in [0.1, 0.15) is 18.6 Å². The van der Waals surface area contributed by atoms with Gasteiger partial charge in [0.2, 0.25) is 0 Å². The first-order valence-electron chi connectivity index (χ1n) is 4.24. The predicted octanol–water partition coefficient (Wildman–Crippen LogP) is -1.09. The Balaban J connectivity index is 2.60. The largest absolute Gasteiger partial charge is 0.468 e. The van der Waals surface area contributed by atoms with Crippen LogP contribution >= 0.6 is 0 Å². The summed E-state index contributed by atoms with van der Waals surface area (Å²) in [5, 5.41) is 4.96. The van der Waals surface area contributed by atoms with E-state index in [0.29, 0.717) is 6.67 Å². The van der Waals surface area contributed by atoms with Crippen LogP contribution < -0.4 is 5.32 Å². The Morgan fingerprint density at radius 3 is 2.64 bits per heavy atom. The molecular formula is C6H15N3O3S2. The number of rotatable bonds is 3. The highest BCUT2D eigenvalue weighted by atomic mass is 32.2. The van der Waals surface area contributed by atoms with Crippen molar-refractivity contribution >= 4 is 22.9 Å². The lowest BCUT2D eigenvalue weighted by Gasteiger charge is -2.44. The van der Waals surface area contributed by atoms with E-state index in [1.807, 2.05) is 19.0 Å². The Morgan fingerprint density at radius 2 is 2.29 bits per heavy atom. The Bertz CT molecular complexity index is 307. The lowest BCUT2D eigenvalue weighted by atomic mass is 10.6. The molecule has 1 aliphatic heterocycles. The van der Waals surface area contributed by atoms with Crippen LogP contribution in [0.4, 0.5) is 0 Å². The molecule has 0 radical (unpaired) electrons. The minimum absolute atomic E-state index is 0.0704. The standard InChI is InChI=1S/C6H15N3O3S2/c1-6-7-5-9(13,8(6)2)3-4-14(10,11)12/h6-7H,3-5H2,1-2H3,(H,10,11,12). The van der Waals surface area contributed by atoms with Gasteiger partial charge in [-0.2, -0.15) is 13.4 Å². The molecule has 0 aromatic rings. The maximum Gasteiger partial charge on any atom is 0.270 e. The molecule has 0 amide bonds. The summed E-state index contributed by atoms with van der Waals surface area (Å²) in [6.07, 6.45) is 0.119. The van der Waals surface area contributed by atoms with Gasteiger partial charge in [0, 0.05) is 7.05 Å². The van der Waals surface area contributed by atoms with Crippen LogP contribution in [0.15, 0.2) is 0 Å². The maximum absolute atomic E-state index is 10.6. The van der Waals surface area contributed by atoms with Crippen LogP contribution in [-0.4, -0.2) is 54.2 Å². The summed E-state index contributed by atoms with van der Waals surface area (Å²) in [5.41, 5.74) is 0. The van der Waals surface area contributed by atoms with E-state index < -0.39 is 10.1 Å². The molecule has 0 saturated carbocycles. The fourth-order valence-corrected chi connectivity index (χ4v) is 2.28. The number of quaternary nitrogens is 1. The van der Waals surface area contributed by atoms with Crippen LogP contribution in [0.1, 0.15) is 6.92 Å². The van der Waals surface area contributed by atoms with Gasteiger partial charge in [-0.1, -0.05) is 0 Å². The zero-order valence-electron chi connectivity index (χ0n) is 8.17. The first-order valence-corrected chi connectivity index (χ1v) is 6.22. The third-order valence-corrected chi connectivity index (χ3v) is 3.74. The molecule has 1 rings (SSSR count). The highest BCUT2D eigenvalue weighted by Gasteiger charge is 2.33. The minimum Gasteiger partial charge on any atom is -0.468 e. The van der Waals surface area contributed by atoms with Crippen LogP contribution in [0.2, 0.25) is 0 Å². The van der Waals surface area contributed by atoms with Gasteiger partial charge in [-0.3, -0.25) is 4.55 Å². The van der Waals surface area contributed by atoms with E-state index in [0.717, 1.165) is 0 Å². The van der Waals surface area contributed by atoms with E-state index in [2.05, 4.69) is 5.32 Å². The summed E-state index contributed by atoms with van der Waals surface area (Å²) in [4.78, 5) is 0. The molecule has 84 valence electrons. The van der Waals surface area contributed by atoms with Crippen molar-refractivity contribution < 1.29 is 17.0 Å². The normalized spacial score (nSPS) is 35.0. The second-order valence-corrected chi connectivity index (χ2v) is 5.72. The number of nitrogens with one attached hydrogen (secondary N) is 1. The molecule has 2 atom stereocenters. The van der Waals surface area contributed by atoms with Crippen molar-refractivity contribution in [1.29, 1.82) is 0 Å². The molecule has 0 spiro atoms. The molecule has 8 heteroatoms. The fraction of sp³-hybridized carbons (Fsp3) is 1.00. The number of hydrogen-bond acceptors (Lipinski definition) is 5. The molecule has 1 aliphatic rings. The van der Waals surface area contributed by atoms with Gasteiger partial charge in [0.15, 0.2) is 0 Å². The topological polar surface area (TPSA) is 69.6 Å². The molecular weight excluding hydrogens is 226 g/mol. The molecule has 2 unspecified atom stereocenters. The van der Waals surface area contributed by atoms with Crippen molar-refractivity contribution in [3.8, 4) is 0 Å². The Kier molecular flexibility index (Phi) is 3.45. The van der Waals surface area contributed by atoms with Gasteiger partial charge in [-0.05, 0) is 6.92 Å². The lowest BCUT2D eigenvalue weighted by molar-refractivity contribution is -0.899. The summed E-state index contributed by atoms with van der Waals surface area (Å²) in [7, 11) is -2.11. The van der Waals surface area contributed by atoms with Crippen molar-refractivity contribution in [2.24, 2.45) is 0 Å². The van der Waals surface area contributed by atoms with Crippen molar-refractivity contribution in [3.63, 3.8) is 0 Å². The van der Waals surface area contributed by atoms with E-state index >= 15 is 0 Å². The van der Waals surface area contributed by atoms with Gasteiger partial charge in [-0.25, -0.2) is 5.32 Å². The number of hydrogen-bond donors (Lipinski definition) is 2. The first-order chi connectivity index (χ1) is 6.25. The van der Waals surface area contributed by atoms with E-state index in [4.69, 9.17) is 17.4 Å². The van der Waals surface area contributed by atoms with Crippen molar-refractivity contribution in [3.05, 3.63) is 0 Å². The molecule has 1 saturated heterocycles.